The van der Waals surface area contributed by atoms with Gasteiger partial charge in [0.25, 0.3) is 0 Å². The molecule has 1 heteroatoms. The van der Waals surface area contributed by atoms with E-state index < -0.39 is 0 Å². The third-order valence-corrected chi connectivity index (χ3v) is 4.28. The van der Waals surface area contributed by atoms with Gasteiger partial charge in [0.05, 0.1) is 6.10 Å². The second-order valence-electron chi connectivity index (χ2n) is 6.02. The lowest BCUT2D eigenvalue weighted by Crippen LogP contribution is -2.39. The summed E-state index contributed by atoms with van der Waals surface area (Å²) in [7, 11) is 0. The molecule has 0 aromatic heterocycles. The Hall–Kier alpha value is -0.0400. The highest BCUT2D eigenvalue weighted by molar-refractivity contribution is 4.95. The fourth-order valence-corrected chi connectivity index (χ4v) is 3.57. The number of hydrogen-bond acceptors (Lipinski definition) is 1. The maximum absolute atomic E-state index is 10.0. The van der Waals surface area contributed by atoms with Crippen LogP contribution < -0.4 is 0 Å². The first-order valence-electron chi connectivity index (χ1n) is 5.68. The lowest BCUT2D eigenvalue weighted by molar-refractivity contribution is -0.0170. The Bertz CT molecular complexity index is 197. The van der Waals surface area contributed by atoms with Gasteiger partial charge in [-0.3, -0.25) is 0 Å². The van der Waals surface area contributed by atoms with Crippen LogP contribution in [-0.4, -0.2) is 11.2 Å². The molecule has 0 radical (unpaired) electrons. The SMILES string of the molecule is C[C@H]1CC[C@H]2[C@@H]1CC(C)(C)C[C@H]2O. The summed E-state index contributed by atoms with van der Waals surface area (Å²) in [5.74, 6) is 2.28. The van der Waals surface area contributed by atoms with Gasteiger partial charge in [-0.1, -0.05) is 27.2 Å². The molecule has 76 valence electrons. The molecule has 2 rings (SSSR count). The molecule has 0 aromatic rings. The summed E-state index contributed by atoms with van der Waals surface area (Å²) in [6.45, 7) is 6.97. The minimum absolute atomic E-state index is 0.0151. The third-order valence-electron chi connectivity index (χ3n) is 4.28. The molecule has 1 nitrogen and oxygen atoms in total. The van der Waals surface area contributed by atoms with Crippen molar-refractivity contribution >= 4 is 0 Å². The minimum Gasteiger partial charge on any atom is -0.393 e. The van der Waals surface area contributed by atoms with Gasteiger partial charge >= 0.3 is 0 Å². The largest absolute Gasteiger partial charge is 0.393 e. The summed E-state index contributed by atoms with van der Waals surface area (Å²) in [5.41, 5.74) is 0.374. The molecule has 2 aliphatic rings. The Morgan fingerprint density at radius 3 is 2.46 bits per heavy atom. The number of hydrogen-bond donors (Lipinski definition) is 1. The van der Waals surface area contributed by atoms with Crippen molar-refractivity contribution in [3.63, 3.8) is 0 Å². The van der Waals surface area contributed by atoms with E-state index in [1.165, 1.54) is 19.3 Å². The summed E-state index contributed by atoms with van der Waals surface area (Å²) in [4.78, 5) is 0. The van der Waals surface area contributed by atoms with Crippen LogP contribution in [0.1, 0.15) is 46.5 Å². The molecule has 0 aliphatic heterocycles. The van der Waals surface area contributed by atoms with Crippen molar-refractivity contribution in [2.75, 3.05) is 0 Å². The summed E-state index contributed by atoms with van der Waals surface area (Å²) in [6.07, 6.45) is 4.93. The standard InChI is InChI=1S/C12H22O/c1-8-4-5-9-10(8)6-12(2,3)7-11(9)13/h8-11,13H,4-7H2,1-3H3/t8-,9-,10+,11+/m0/s1. The van der Waals surface area contributed by atoms with Crippen LogP contribution in [0.4, 0.5) is 0 Å². The van der Waals surface area contributed by atoms with Gasteiger partial charge in [-0.05, 0) is 42.4 Å². The fraction of sp³-hybridized carbons (Fsp3) is 1.00. The highest BCUT2D eigenvalue weighted by atomic mass is 16.3. The maximum atomic E-state index is 10.0. The smallest absolute Gasteiger partial charge is 0.0576 e. The van der Waals surface area contributed by atoms with Gasteiger partial charge in [0.2, 0.25) is 0 Å². The van der Waals surface area contributed by atoms with Crippen LogP contribution in [0.25, 0.3) is 0 Å². The molecule has 0 unspecified atom stereocenters. The van der Waals surface area contributed by atoms with Crippen molar-refractivity contribution in [1.29, 1.82) is 0 Å². The predicted molar refractivity (Wildman–Crippen MR) is 54.4 cm³/mol. The van der Waals surface area contributed by atoms with Crippen molar-refractivity contribution in [2.24, 2.45) is 23.2 Å². The molecule has 0 saturated heterocycles. The lowest BCUT2D eigenvalue weighted by atomic mass is 9.65. The number of aliphatic hydroxyl groups is 1. The monoisotopic (exact) mass is 182 g/mol. The van der Waals surface area contributed by atoms with Crippen molar-refractivity contribution in [1.82, 2.24) is 0 Å². The number of fused-ring (bicyclic) bond motifs is 1. The molecule has 2 saturated carbocycles. The Kier molecular flexibility index (Phi) is 2.18. The highest BCUT2D eigenvalue weighted by Crippen LogP contribution is 2.51. The van der Waals surface area contributed by atoms with Crippen LogP contribution in [0.5, 0.6) is 0 Å². The van der Waals surface area contributed by atoms with E-state index in [-0.39, 0.29) is 6.10 Å². The summed E-state index contributed by atoms with van der Waals surface area (Å²) >= 11 is 0. The molecule has 4 atom stereocenters. The summed E-state index contributed by atoms with van der Waals surface area (Å²) in [5, 5.41) is 10.0. The quantitative estimate of drug-likeness (QED) is 0.611. The Morgan fingerprint density at radius 2 is 1.77 bits per heavy atom. The second-order valence-corrected chi connectivity index (χ2v) is 6.02. The van der Waals surface area contributed by atoms with Crippen LogP contribution >= 0.6 is 0 Å². The summed E-state index contributed by atoms with van der Waals surface area (Å²) in [6, 6.07) is 0. The number of rotatable bonds is 0. The zero-order chi connectivity index (χ0) is 9.64. The van der Waals surface area contributed by atoms with E-state index >= 15 is 0 Å². The first-order chi connectivity index (χ1) is 5.99. The van der Waals surface area contributed by atoms with Crippen LogP contribution in [0.2, 0.25) is 0 Å². The van der Waals surface area contributed by atoms with Gasteiger partial charge < -0.3 is 5.11 Å². The molecular weight excluding hydrogens is 160 g/mol. The molecule has 2 aliphatic carbocycles. The van der Waals surface area contributed by atoms with E-state index in [9.17, 15) is 5.11 Å². The van der Waals surface area contributed by atoms with E-state index in [1.54, 1.807) is 0 Å². The number of aliphatic hydroxyl groups excluding tert-OH is 1. The second kappa shape index (κ2) is 2.98. The Balaban J connectivity index is 2.14. The molecule has 0 amide bonds. The van der Waals surface area contributed by atoms with Crippen LogP contribution in [0, 0.1) is 23.2 Å². The van der Waals surface area contributed by atoms with Gasteiger partial charge in [-0.2, -0.15) is 0 Å². The van der Waals surface area contributed by atoms with E-state index in [1.807, 2.05) is 0 Å². The Morgan fingerprint density at radius 1 is 1.08 bits per heavy atom. The topological polar surface area (TPSA) is 20.2 Å². The summed E-state index contributed by atoms with van der Waals surface area (Å²) < 4.78 is 0. The van der Waals surface area contributed by atoms with E-state index in [2.05, 4.69) is 20.8 Å². The average molecular weight is 182 g/mol. The zero-order valence-electron chi connectivity index (χ0n) is 9.09. The van der Waals surface area contributed by atoms with Crippen LogP contribution in [0.15, 0.2) is 0 Å². The van der Waals surface area contributed by atoms with Gasteiger partial charge in [0, 0.05) is 0 Å². The van der Waals surface area contributed by atoms with Gasteiger partial charge in [-0.25, -0.2) is 0 Å². The van der Waals surface area contributed by atoms with Crippen molar-refractivity contribution in [2.45, 2.75) is 52.6 Å². The van der Waals surface area contributed by atoms with E-state index in [4.69, 9.17) is 0 Å². The van der Waals surface area contributed by atoms with Crippen molar-refractivity contribution in [3.8, 4) is 0 Å². The zero-order valence-corrected chi connectivity index (χ0v) is 9.09. The first kappa shape index (κ1) is 9.51. The normalized spacial score (nSPS) is 48.9. The van der Waals surface area contributed by atoms with Gasteiger partial charge in [0.15, 0.2) is 0 Å². The molecular formula is C12H22O. The molecule has 1 N–H and O–H groups in total. The van der Waals surface area contributed by atoms with Crippen LogP contribution in [0.3, 0.4) is 0 Å². The minimum atomic E-state index is -0.0151. The Labute approximate surface area is 81.5 Å². The van der Waals surface area contributed by atoms with Gasteiger partial charge in [0.1, 0.15) is 0 Å². The van der Waals surface area contributed by atoms with E-state index in [0.29, 0.717) is 11.3 Å². The fourth-order valence-electron chi connectivity index (χ4n) is 3.57. The molecule has 0 aromatic carbocycles. The maximum Gasteiger partial charge on any atom is 0.0576 e. The molecule has 0 spiro atoms. The van der Waals surface area contributed by atoms with Crippen molar-refractivity contribution < 1.29 is 5.11 Å². The first-order valence-corrected chi connectivity index (χ1v) is 5.68. The highest BCUT2D eigenvalue weighted by Gasteiger charge is 2.45. The molecule has 13 heavy (non-hydrogen) atoms. The molecule has 0 heterocycles. The van der Waals surface area contributed by atoms with Crippen molar-refractivity contribution in [3.05, 3.63) is 0 Å². The van der Waals surface area contributed by atoms with Crippen LogP contribution in [-0.2, 0) is 0 Å². The lowest BCUT2D eigenvalue weighted by Gasteiger charge is -2.42. The van der Waals surface area contributed by atoms with Gasteiger partial charge in [-0.15, -0.1) is 0 Å². The molecule has 0 bridgehead atoms. The molecule has 2 fully saturated rings. The third kappa shape index (κ3) is 1.63. The average Bonchev–Trinajstić information content (AvgIpc) is 2.30. The van der Waals surface area contributed by atoms with E-state index in [0.717, 1.165) is 18.3 Å². The predicted octanol–water partition coefficient (Wildman–Crippen LogP) is 2.83.